The number of aliphatic hydroxyl groups is 1. The quantitative estimate of drug-likeness (QED) is 0.340. The van der Waals surface area contributed by atoms with E-state index in [1.807, 2.05) is 0 Å². The van der Waals surface area contributed by atoms with Crippen LogP contribution in [-0.2, 0) is 9.59 Å². The predicted molar refractivity (Wildman–Crippen MR) is 61.2 cm³/mol. The van der Waals surface area contributed by atoms with Crippen molar-refractivity contribution in [3.8, 4) is 0 Å². The first-order chi connectivity index (χ1) is 7.66. The molecule has 0 aliphatic rings. The third-order valence-electron chi connectivity index (χ3n) is 2.30. The Morgan fingerprint density at radius 1 is 1.12 bits per heavy atom. The summed E-state index contributed by atoms with van der Waals surface area (Å²) in [7, 11) is 0. The van der Waals surface area contributed by atoms with Gasteiger partial charge < -0.3 is 10.2 Å². The number of hydrogen-bond acceptors (Lipinski definition) is 3. The molecule has 0 aliphatic heterocycles. The Labute approximate surface area is 96.0 Å². The van der Waals surface area contributed by atoms with Gasteiger partial charge in [0.25, 0.3) is 0 Å². The molecule has 0 saturated carbocycles. The number of unbranched alkanes of at least 4 members (excludes halogenated alkanes) is 4. The van der Waals surface area contributed by atoms with Gasteiger partial charge in [0.05, 0.1) is 6.10 Å². The molecular weight excluding hydrogens is 208 g/mol. The van der Waals surface area contributed by atoms with E-state index in [9.17, 15) is 14.7 Å². The van der Waals surface area contributed by atoms with Crippen molar-refractivity contribution in [3.05, 3.63) is 12.2 Å². The van der Waals surface area contributed by atoms with Gasteiger partial charge in [0.15, 0.2) is 0 Å². The van der Waals surface area contributed by atoms with Crippen LogP contribution in [0.4, 0.5) is 0 Å². The fourth-order valence-electron chi connectivity index (χ4n) is 1.43. The minimum Gasteiger partial charge on any atom is -0.481 e. The van der Waals surface area contributed by atoms with Crippen LogP contribution in [0.25, 0.3) is 0 Å². The summed E-state index contributed by atoms with van der Waals surface area (Å²) in [6, 6.07) is 0. The lowest BCUT2D eigenvalue weighted by Crippen LogP contribution is -2.01. The zero-order valence-electron chi connectivity index (χ0n) is 9.47. The fourth-order valence-corrected chi connectivity index (χ4v) is 1.43. The lowest BCUT2D eigenvalue weighted by molar-refractivity contribution is -0.137. The summed E-state index contributed by atoms with van der Waals surface area (Å²) >= 11 is 0. The van der Waals surface area contributed by atoms with Crippen molar-refractivity contribution in [1.29, 1.82) is 0 Å². The second kappa shape index (κ2) is 10.4. The largest absolute Gasteiger partial charge is 0.481 e. The fraction of sp³-hybridized carbons (Fsp3) is 0.667. The standard InChI is InChI=1S/C12H20O4/c13-10-6-8-11(14)7-4-2-1-3-5-9-12(15)16/h6,8,10-11,14H,1-5,7,9H2,(H,15,16). The molecule has 0 aromatic rings. The monoisotopic (exact) mass is 228 g/mol. The first-order valence-corrected chi connectivity index (χ1v) is 5.68. The molecule has 0 aromatic carbocycles. The van der Waals surface area contributed by atoms with Crippen molar-refractivity contribution >= 4 is 12.3 Å². The molecule has 0 radical (unpaired) electrons. The molecular formula is C12H20O4. The molecule has 2 N–H and O–H groups in total. The molecule has 0 fully saturated rings. The van der Waals surface area contributed by atoms with Gasteiger partial charge >= 0.3 is 5.97 Å². The van der Waals surface area contributed by atoms with Gasteiger partial charge in [0.2, 0.25) is 0 Å². The maximum absolute atomic E-state index is 10.2. The van der Waals surface area contributed by atoms with Gasteiger partial charge in [-0.25, -0.2) is 0 Å². The van der Waals surface area contributed by atoms with E-state index in [1.54, 1.807) is 0 Å². The van der Waals surface area contributed by atoms with Crippen molar-refractivity contribution in [2.45, 2.75) is 51.0 Å². The summed E-state index contributed by atoms with van der Waals surface area (Å²) in [5.41, 5.74) is 0. The van der Waals surface area contributed by atoms with Crippen LogP contribution in [0.3, 0.4) is 0 Å². The molecule has 0 saturated heterocycles. The SMILES string of the molecule is O=CC=CC(O)CCCCCCCC(=O)O. The topological polar surface area (TPSA) is 74.6 Å². The van der Waals surface area contributed by atoms with Crippen LogP contribution in [0, 0.1) is 0 Å². The Kier molecular flexibility index (Phi) is 9.61. The number of carboxylic acid groups (broad SMARTS) is 1. The van der Waals surface area contributed by atoms with Gasteiger partial charge in [-0.15, -0.1) is 0 Å². The summed E-state index contributed by atoms with van der Waals surface area (Å²) < 4.78 is 0. The van der Waals surface area contributed by atoms with Gasteiger partial charge in [-0.05, 0) is 18.9 Å². The van der Waals surface area contributed by atoms with Gasteiger partial charge in [-0.3, -0.25) is 9.59 Å². The van der Waals surface area contributed by atoms with E-state index in [2.05, 4.69) is 0 Å². The third-order valence-corrected chi connectivity index (χ3v) is 2.30. The lowest BCUT2D eigenvalue weighted by Gasteiger charge is -2.04. The zero-order chi connectivity index (χ0) is 12.2. The van der Waals surface area contributed by atoms with Crippen molar-refractivity contribution in [1.82, 2.24) is 0 Å². The first kappa shape index (κ1) is 14.8. The molecule has 0 aliphatic carbocycles. The number of hydrogen-bond donors (Lipinski definition) is 2. The Balaban J connectivity index is 3.23. The van der Waals surface area contributed by atoms with Crippen LogP contribution < -0.4 is 0 Å². The van der Waals surface area contributed by atoms with Crippen molar-refractivity contribution in [2.75, 3.05) is 0 Å². The average Bonchev–Trinajstić information content (AvgIpc) is 2.24. The zero-order valence-corrected chi connectivity index (χ0v) is 9.47. The second-order valence-electron chi connectivity index (χ2n) is 3.79. The number of aliphatic hydroxyl groups excluding tert-OH is 1. The molecule has 4 heteroatoms. The van der Waals surface area contributed by atoms with E-state index in [0.717, 1.165) is 32.1 Å². The molecule has 0 aromatic heterocycles. The van der Waals surface area contributed by atoms with Gasteiger partial charge in [0.1, 0.15) is 6.29 Å². The Morgan fingerprint density at radius 2 is 1.75 bits per heavy atom. The highest BCUT2D eigenvalue weighted by Crippen LogP contribution is 2.09. The summed E-state index contributed by atoms with van der Waals surface area (Å²) in [6.45, 7) is 0. The highest BCUT2D eigenvalue weighted by atomic mass is 16.4. The van der Waals surface area contributed by atoms with E-state index < -0.39 is 12.1 Å². The summed E-state index contributed by atoms with van der Waals surface area (Å²) in [4.78, 5) is 20.2. The summed E-state index contributed by atoms with van der Waals surface area (Å²) in [6.07, 6.45) is 8.33. The number of rotatable bonds is 10. The average molecular weight is 228 g/mol. The van der Waals surface area contributed by atoms with Crippen molar-refractivity contribution in [2.24, 2.45) is 0 Å². The van der Waals surface area contributed by atoms with Gasteiger partial charge in [0, 0.05) is 6.42 Å². The molecule has 0 spiro atoms. The van der Waals surface area contributed by atoms with Crippen LogP contribution in [0.1, 0.15) is 44.9 Å². The van der Waals surface area contributed by atoms with E-state index in [4.69, 9.17) is 5.11 Å². The number of allylic oxidation sites excluding steroid dienone is 1. The van der Waals surface area contributed by atoms with Crippen LogP contribution in [0.2, 0.25) is 0 Å². The molecule has 0 amide bonds. The molecule has 16 heavy (non-hydrogen) atoms. The molecule has 1 unspecified atom stereocenters. The number of carboxylic acids is 1. The van der Waals surface area contributed by atoms with E-state index >= 15 is 0 Å². The number of aldehydes is 1. The van der Waals surface area contributed by atoms with Gasteiger partial charge in [-0.1, -0.05) is 31.8 Å². The number of carbonyl (C=O) groups excluding carboxylic acids is 1. The minimum atomic E-state index is -0.741. The molecule has 0 bridgehead atoms. The molecule has 0 heterocycles. The normalized spacial score (nSPS) is 12.8. The molecule has 4 nitrogen and oxygen atoms in total. The van der Waals surface area contributed by atoms with Crippen LogP contribution in [0.5, 0.6) is 0 Å². The second-order valence-corrected chi connectivity index (χ2v) is 3.79. The maximum Gasteiger partial charge on any atom is 0.303 e. The van der Waals surface area contributed by atoms with Crippen LogP contribution in [-0.4, -0.2) is 28.6 Å². The highest BCUT2D eigenvalue weighted by molar-refractivity contribution is 5.66. The smallest absolute Gasteiger partial charge is 0.303 e. The molecule has 92 valence electrons. The Morgan fingerprint density at radius 3 is 2.38 bits per heavy atom. The lowest BCUT2D eigenvalue weighted by atomic mass is 10.1. The molecule has 0 rings (SSSR count). The maximum atomic E-state index is 10.2. The highest BCUT2D eigenvalue weighted by Gasteiger charge is 1.99. The summed E-state index contributed by atoms with van der Waals surface area (Å²) in [5, 5.41) is 17.7. The van der Waals surface area contributed by atoms with Gasteiger partial charge in [-0.2, -0.15) is 0 Å². The van der Waals surface area contributed by atoms with Crippen LogP contribution in [0.15, 0.2) is 12.2 Å². The summed E-state index contributed by atoms with van der Waals surface area (Å²) in [5.74, 6) is -0.741. The Bertz CT molecular complexity index is 223. The van der Waals surface area contributed by atoms with Crippen molar-refractivity contribution in [3.63, 3.8) is 0 Å². The predicted octanol–water partition coefficient (Wildman–Crippen LogP) is 1.92. The first-order valence-electron chi connectivity index (χ1n) is 5.68. The number of carbonyl (C=O) groups is 2. The minimum absolute atomic E-state index is 0.241. The van der Waals surface area contributed by atoms with E-state index in [-0.39, 0.29) is 6.42 Å². The van der Waals surface area contributed by atoms with Crippen molar-refractivity contribution < 1.29 is 19.8 Å². The Hall–Kier alpha value is -1.16. The van der Waals surface area contributed by atoms with E-state index in [0.29, 0.717) is 12.7 Å². The number of aliphatic carboxylic acids is 1. The van der Waals surface area contributed by atoms with Crippen LogP contribution >= 0.6 is 0 Å². The third kappa shape index (κ3) is 10.9. The molecule has 1 atom stereocenters. The van der Waals surface area contributed by atoms with E-state index in [1.165, 1.54) is 12.2 Å².